The predicted molar refractivity (Wildman–Crippen MR) is 91.0 cm³/mol. The molecule has 0 radical (unpaired) electrons. The van der Waals surface area contributed by atoms with Crippen LogP contribution in [0, 0.1) is 0 Å². The Bertz CT molecular complexity index is 708. The third-order valence-electron chi connectivity index (χ3n) is 4.10. The zero-order valence-corrected chi connectivity index (χ0v) is 14.7. The number of piperazine rings is 1. The van der Waals surface area contributed by atoms with Crippen molar-refractivity contribution in [2.45, 2.75) is 26.3 Å². The van der Waals surface area contributed by atoms with Gasteiger partial charge in [0.1, 0.15) is 0 Å². The molecule has 7 heteroatoms. The van der Waals surface area contributed by atoms with E-state index < -0.39 is 0 Å². The number of aromatic nitrogens is 2. The summed E-state index contributed by atoms with van der Waals surface area (Å²) < 4.78 is 5.65. The summed E-state index contributed by atoms with van der Waals surface area (Å²) in [6.07, 6.45) is 0. The third-order valence-corrected chi connectivity index (χ3v) is 4.43. The standard InChI is InChI=1S/C17H21ClN4O2/c1-12(2)16-20-19-15(24-16)11-21-7-9-22(10-8-21)17(23)13-5-3-4-6-14(13)18/h3-6,12H,7-11H2,1-2H3. The first-order valence-electron chi connectivity index (χ1n) is 8.13. The molecule has 0 aliphatic carbocycles. The smallest absolute Gasteiger partial charge is 0.255 e. The third kappa shape index (κ3) is 3.76. The summed E-state index contributed by atoms with van der Waals surface area (Å²) in [6.45, 7) is 7.54. The minimum absolute atomic E-state index is 0.0138. The number of benzene rings is 1. The lowest BCUT2D eigenvalue weighted by molar-refractivity contribution is 0.0617. The highest BCUT2D eigenvalue weighted by molar-refractivity contribution is 6.33. The molecule has 3 rings (SSSR count). The summed E-state index contributed by atoms with van der Waals surface area (Å²) in [5.41, 5.74) is 0.561. The summed E-state index contributed by atoms with van der Waals surface area (Å²) in [7, 11) is 0. The quantitative estimate of drug-likeness (QED) is 0.850. The molecule has 0 spiro atoms. The minimum atomic E-state index is -0.0138. The van der Waals surface area contributed by atoms with Crippen LogP contribution >= 0.6 is 11.6 Å². The monoisotopic (exact) mass is 348 g/mol. The lowest BCUT2D eigenvalue weighted by Crippen LogP contribution is -2.48. The molecule has 1 amide bonds. The fourth-order valence-electron chi connectivity index (χ4n) is 2.67. The lowest BCUT2D eigenvalue weighted by Gasteiger charge is -2.34. The molecule has 24 heavy (non-hydrogen) atoms. The Morgan fingerprint density at radius 3 is 2.54 bits per heavy atom. The molecule has 1 aliphatic rings. The first kappa shape index (κ1) is 16.9. The molecule has 128 valence electrons. The molecular formula is C17H21ClN4O2. The van der Waals surface area contributed by atoms with Gasteiger partial charge in [-0.3, -0.25) is 9.69 Å². The molecule has 0 unspecified atom stereocenters. The number of rotatable bonds is 4. The molecule has 1 fully saturated rings. The van der Waals surface area contributed by atoms with Crippen LogP contribution in [0.1, 0.15) is 41.9 Å². The molecule has 2 aromatic rings. The number of halogens is 1. The van der Waals surface area contributed by atoms with Crippen molar-refractivity contribution >= 4 is 17.5 Å². The van der Waals surface area contributed by atoms with Crippen LogP contribution in [0.2, 0.25) is 5.02 Å². The van der Waals surface area contributed by atoms with Gasteiger partial charge in [-0.15, -0.1) is 10.2 Å². The van der Waals surface area contributed by atoms with Crippen molar-refractivity contribution in [2.24, 2.45) is 0 Å². The number of nitrogens with zero attached hydrogens (tertiary/aromatic N) is 4. The van der Waals surface area contributed by atoms with E-state index in [4.69, 9.17) is 16.0 Å². The average Bonchev–Trinajstić information content (AvgIpc) is 3.04. The fourth-order valence-corrected chi connectivity index (χ4v) is 2.89. The van der Waals surface area contributed by atoms with Crippen LogP contribution in [-0.2, 0) is 6.54 Å². The van der Waals surface area contributed by atoms with Crippen LogP contribution in [0.5, 0.6) is 0 Å². The van der Waals surface area contributed by atoms with Gasteiger partial charge in [-0.2, -0.15) is 0 Å². The Labute approximate surface area is 146 Å². The molecule has 1 saturated heterocycles. The lowest BCUT2D eigenvalue weighted by atomic mass is 10.2. The molecule has 2 heterocycles. The van der Waals surface area contributed by atoms with Crippen molar-refractivity contribution in [3.63, 3.8) is 0 Å². The maximum Gasteiger partial charge on any atom is 0.255 e. The van der Waals surface area contributed by atoms with Crippen LogP contribution < -0.4 is 0 Å². The molecule has 0 bridgehead atoms. The van der Waals surface area contributed by atoms with E-state index in [2.05, 4.69) is 15.1 Å². The van der Waals surface area contributed by atoms with Gasteiger partial charge in [-0.25, -0.2) is 0 Å². The normalized spacial score (nSPS) is 15.9. The Morgan fingerprint density at radius 1 is 1.21 bits per heavy atom. The molecule has 0 saturated carbocycles. The Kier molecular flexibility index (Phi) is 5.16. The largest absolute Gasteiger partial charge is 0.424 e. The van der Waals surface area contributed by atoms with Crippen LogP contribution in [0.15, 0.2) is 28.7 Å². The summed E-state index contributed by atoms with van der Waals surface area (Å²) >= 11 is 6.12. The van der Waals surface area contributed by atoms with Gasteiger partial charge in [0.05, 0.1) is 17.1 Å². The van der Waals surface area contributed by atoms with Crippen LogP contribution in [-0.4, -0.2) is 52.1 Å². The second-order valence-corrected chi connectivity index (χ2v) is 6.64. The molecule has 6 nitrogen and oxygen atoms in total. The van der Waals surface area contributed by atoms with E-state index in [0.717, 1.165) is 13.1 Å². The molecule has 1 aromatic carbocycles. The molecular weight excluding hydrogens is 328 g/mol. The number of amides is 1. The topological polar surface area (TPSA) is 62.5 Å². The van der Waals surface area contributed by atoms with Crippen LogP contribution in [0.3, 0.4) is 0 Å². The van der Waals surface area contributed by atoms with Crippen molar-refractivity contribution in [3.05, 3.63) is 46.6 Å². The number of carbonyl (C=O) groups is 1. The van der Waals surface area contributed by atoms with E-state index in [9.17, 15) is 4.79 Å². The first-order chi connectivity index (χ1) is 11.5. The second-order valence-electron chi connectivity index (χ2n) is 6.24. The van der Waals surface area contributed by atoms with Gasteiger partial charge in [0.2, 0.25) is 11.8 Å². The van der Waals surface area contributed by atoms with E-state index >= 15 is 0 Å². The molecule has 1 aliphatic heterocycles. The Morgan fingerprint density at radius 2 is 1.92 bits per heavy atom. The Balaban J connectivity index is 1.55. The minimum Gasteiger partial charge on any atom is -0.424 e. The number of carbonyl (C=O) groups excluding carboxylic acids is 1. The van der Waals surface area contributed by atoms with Crippen molar-refractivity contribution in [2.75, 3.05) is 26.2 Å². The Hall–Kier alpha value is -1.92. The highest BCUT2D eigenvalue weighted by Crippen LogP contribution is 2.19. The maximum absolute atomic E-state index is 12.5. The van der Waals surface area contributed by atoms with E-state index in [-0.39, 0.29) is 11.8 Å². The molecule has 1 aromatic heterocycles. The summed E-state index contributed by atoms with van der Waals surface area (Å²) in [5, 5.41) is 8.64. The molecule has 0 atom stereocenters. The van der Waals surface area contributed by atoms with Crippen molar-refractivity contribution in [3.8, 4) is 0 Å². The summed E-state index contributed by atoms with van der Waals surface area (Å²) in [5.74, 6) is 1.51. The van der Waals surface area contributed by atoms with Crippen LogP contribution in [0.4, 0.5) is 0 Å². The van der Waals surface area contributed by atoms with E-state index in [1.165, 1.54) is 0 Å². The van der Waals surface area contributed by atoms with Gasteiger partial charge < -0.3 is 9.32 Å². The van der Waals surface area contributed by atoms with Gasteiger partial charge in [0.15, 0.2) is 0 Å². The SMILES string of the molecule is CC(C)c1nnc(CN2CCN(C(=O)c3ccccc3Cl)CC2)o1. The molecule has 0 N–H and O–H groups in total. The van der Waals surface area contributed by atoms with Gasteiger partial charge in [0.25, 0.3) is 5.91 Å². The zero-order chi connectivity index (χ0) is 17.1. The predicted octanol–water partition coefficient (Wildman–Crippen LogP) is 2.80. The van der Waals surface area contributed by atoms with E-state index in [0.29, 0.717) is 42.0 Å². The van der Waals surface area contributed by atoms with Crippen molar-refractivity contribution in [1.82, 2.24) is 20.0 Å². The highest BCUT2D eigenvalue weighted by Gasteiger charge is 2.24. The fraction of sp³-hybridized carbons (Fsp3) is 0.471. The van der Waals surface area contributed by atoms with Gasteiger partial charge in [-0.05, 0) is 12.1 Å². The van der Waals surface area contributed by atoms with Gasteiger partial charge in [0, 0.05) is 32.1 Å². The number of hydrogen-bond acceptors (Lipinski definition) is 5. The summed E-state index contributed by atoms with van der Waals surface area (Å²) in [6, 6.07) is 7.17. The van der Waals surface area contributed by atoms with Crippen molar-refractivity contribution < 1.29 is 9.21 Å². The van der Waals surface area contributed by atoms with Crippen molar-refractivity contribution in [1.29, 1.82) is 0 Å². The second kappa shape index (κ2) is 7.32. The average molecular weight is 349 g/mol. The van der Waals surface area contributed by atoms with Gasteiger partial charge in [-0.1, -0.05) is 37.6 Å². The van der Waals surface area contributed by atoms with Gasteiger partial charge >= 0.3 is 0 Å². The summed E-state index contributed by atoms with van der Waals surface area (Å²) in [4.78, 5) is 16.6. The van der Waals surface area contributed by atoms with Crippen LogP contribution in [0.25, 0.3) is 0 Å². The number of hydrogen-bond donors (Lipinski definition) is 0. The maximum atomic E-state index is 12.5. The van der Waals surface area contributed by atoms with E-state index in [1.807, 2.05) is 30.9 Å². The zero-order valence-electron chi connectivity index (χ0n) is 13.9. The van der Waals surface area contributed by atoms with E-state index in [1.54, 1.807) is 12.1 Å². The highest BCUT2D eigenvalue weighted by atomic mass is 35.5. The first-order valence-corrected chi connectivity index (χ1v) is 8.51.